The molecule has 1 aromatic heterocycles. The Balaban J connectivity index is 1.28. The van der Waals surface area contributed by atoms with Gasteiger partial charge in [-0.25, -0.2) is 4.98 Å². The molecule has 3 aliphatic heterocycles. The number of likely N-dealkylation sites (tertiary alicyclic amines) is 2. The van der Waals surface area contributed by atoms with Crippen molar-refractivity contribution in [2.45, 2.75) is 68.7 Å². The fourth-order valence-electron chi connectivity index (χ4n) is 7.63. The third-order valence-corrected chi connectivity index (χ3v) is 9.67. The summed E-state index contributed by atoms with van der Waals surface area (Å²) in [7, 11) is 0. The van der Waals surface area contributed by atoms with Crippen LogP contribution in [0, 0.1) is 5.92 Å². The molecule has 2 aromatic rings. The van der Waals surface area contributed by atoms with Crippen molar-refractivity contribution in [3.05, 3.63) is 64.4 Å². The second-order valence-corrected chi connectivity index (χ2v) is 11.9. The maximum absolute atomic E-state index is 14.5. The van der Waals surface area contributed by atoms with Crippen LogP contribution in [0.1, 0.15) is 67.7 Å². The van der Waals surface area contributed by atoms with Crippen LogP contribution in [0.5, 0.6) is 0 Å². The number of fused-ring (bicyclic) bond motifs is 2. The highest BCUT2D eigenvalue weighted by molar-refractivity contribution is 6.29. The lowest BCUT2D eigenvalue weighted by Crippen LogP contribution is -2.56. The van der Waals surface area contributed by atoms with Crippen molar-refractivity contribution in [2.24, 2.45) is 5.92 Å². The Morgan fingerprint density at radius 1 is 1.06 bits per heavy atom. The van der Waals surface area contributed by atoms with Gasteiger partial charge in [0.2, 0.25) is 5.91 Å². The van der Waals surface area contributed by atoms with Crippen molar-refractivity contribution >= 4 is 17.5 Å². The molecule has 0 bridgehead atoms. The average Bonchev–Trinajstić information content (AvgIpc) is 3.33. The molecular formula is C30H39ClN4O. The van der Waals surface area contributed by atoms with E-state index in [0.29, 0.717) is 17.0 Å². The molecule has 4 atom stereocenters. The molecule has 6 rings (SSSR count). The topological polar surface area (TPSA) is 48.5 Å². The van der Waals surface area contributed by atoms with Crippen molar-refractivity contribution in [2.75, 3.05) is 39.3 Å². The minimum atomic E-state index is -0.159. The van der Waals surface area contributed by atoms with Crippen LogP contribution in [0.25, 0.3) is 0 Å². The fourth-order valence-corrected chi connectivity index (χ4v) is 7.80. The number of nitrogens with zero attached hydrogens (tertiary/aromatic N) is 3. The highest BCUT2D eigenvalue weighted by atomic mass is 35.5. The van der Waals surface area contributed by atoms with Gasteiger partial charge in [0, 0.05) is 43.3 Å². The number of halogens is 1. The Kier molecular flexibility index (Phi) is 7.07. The molecule has 1 N–H and O–H groups in total. The zero-order valence-electron chi connectivity index (χ0n) is 21.3. The predicted molar refractivity (Wildman–Crippen MR) is 144 cm³/mol. The number of aryl methyl sites for hydroxylation is 1. The van der Waals surface area contributed by atoms with E-state index in [1.54, 1.807) is 0 Å². The first-order valence-corrected chi connectivity index (χ1v) is 14.5. The monoisotopic (exact) mass is 506 g/mol. The van der Waals surface area contributed by atoms with Crippen molar-refractivity contribution < 1.29 is 4.79 Å². The summed E-state index contributed by atoms with van der Waals surface area (Å²) in [5, 5.41) is 4.18. The number of nitrogens with one attached hydrogen (secondary N) is 1. The number of aromatic nitrogens is 1. The van der Waals surface area contributed by atoms with Crippen LogP contribution in [-0.2, 0) is 16.6 Å². The summed E-state index contributed by atoms with van der Waals surface area (Å²) < 4.78 is 0. The molecule has 3 saturated heterocycles. The van der Waals surface area contributed by atoms with Gasteiger partial charge >= 0.3 is 0 Å². The number of pyridine rings is 1. The summed E-state index contributed by atoms with van der Waals surface area (Å²) in [5.41, 5.74) is 3.63. The van der Waals surface area contributed by atoms with Gasteiger partial charge in [0.05, 0.1) is 5.92 Å². The highest BCUT2D eigenvalue weighted by Crippen LogP contribution is 2.46. The Morgan fingerprint density at radius 2 is 1.89 bits per heavy atom. The third kappa shape index (κ3) is 4.59. The molecular weight excluding hydrogens is 468 g/mol. The van der Waals surface area contributed by atoms with E-state index in [4.69, 9.17) is 11.6 Å². The Labute approximate surface area is 220 Å². The Bertz CT molecular complexity index is 1070. The molecule has 1 aliphatic carbocycles. The predicted octanol–water partition coefficient (Wildman–Crippen LogP) is 4.79. The maximum Gasteiger partial charge on any atom is 0.228 e. The summed E-state index contributed by atoms with van der Waals surface area (Å²) in [6.45, 7) is 5.82. The third-order valence-electron chi connectivity index (χ3n) is 9.45. The van der Waals surface area contributed by atoms with Gasteiger partial charge in [-0.15, -0.1) is 0 Å². The molecule has 5 nitrogen and oxygen atoms in total. The first kappa shape index (κ1) is 24.4. The van der Waals surface area contributed by atoms with Gasteiger partial charge in [-0.3, -0.25) is 4.79 Å². The van der Waals surface area contributed by atoms with Crippen LogP contribution in [-0.4, -0.2) is 66.0 Å². The number of rotatable bonds is 4. The first-order valence-electron chi connectivity index (χ1n) is 14.1. The summed E-state index contributed by atoms with van der Waals surface area (Å²) in [6.07, 6.45) is 9.09. The van der Waals surface area contributed by atoms with Crippen molar-refractivity contribution in [1.29, 1.82) is 0 Å². The van der Waals surface area contributed by atoms with Crippen molar-refractivity contribution in [3.8, 4) is 0 Å². The average molecular weight is 507 g/mol. The number of carbonyl (C=O) groups excluding carboxylic acids is 1. The van der Waals surface area contributed by atoms with Crippen LogP contribution >= 0.6 is 11.6 Å². The smallest absolute Gasteiger partial charge is 0.228 e. The van der Waals surface area contributed by atoms with Gasteiger partial charge in [0.1, 0.15) is 5.15 Å². The molecule has 0 saturated carbocycles. The van der Waals surface area contributed by atoms with Crippen LogP contribution in [0.15, 0.2) is 42.5 Å². The fraction of sp³-hybridized carbons (Fsp3) is 0.600. The quantitative estimate of drug-likeness (QED) is 0.606. The van der Waals surface area contributed by atoms with Crippen LogP contribution < -0.4 is 5.32 Å². The summed E-state index contributed by atoms with van der Waals surface area (Å²) in [4.78, 5) is 24.1. The summed E-state index contributed by atoms with van der Waals surface area (Å²) in [6, 6.07) is 15.3. The molecule has 4 aliphatic rings. The van der Waals surface area contributed by atoms with E-state index in [2.05, 4.69) is 56.5 Å². The highest BCUT2D eigenvalue weighted by Gasteiger charge is 2.52. The van der Waals surface area contributed by atoms with Crippen LogP contribution in [0.4, 0.5) is 0 Å². The number of benzene rings is 1. The summed E-state index contributed by atoms with van der Waals surface area (Å²) in [5.74, 6) is 0.857. The first-order chi connectivity index (χ1) is 17.6. The normalized spacial score (nSPS) is 30.9. The van der Waals surface area contributed by atoms with Gasteiger partial charge in [-0.1, -0.05) is 54.4 Å². The van der Waals surface area contributed by atoms with Crippen LogP contribution in [0.3, 0.4) is 0 Å². The number of carbonyl (C=O) groups is 1. The van der Waals surface area contributed by atoms with Gasteiger partial charge in [0.25, 0.3) is 0 Å². The lowest BCUT2D eigenvalue weighted by Gasteiger charge is -2.46. The molecule has 1 amide bonds. The van der Waals surface area contributed by atoms with Crippen LogP contribution in [0.2, 0.25) is 5.15 Å². The lowest BCUT2D eigenvalue weighted by atomic mass is 9.65. The Morgan fingerprint density at radius 3 is 2.72 bits per heavy atom. The van der Waals surface area contributed by atoms with E-state index in [9.17, 15) is 4.79 Å². The van der Waals surface area contributed by atoms with E-state index < -0.39 is 0 Å². The van der Waals surface area contributed by atoms with E-state index in [1.807, 2.05) is 6.07 Å². The second-order valence-electron chi connectivity index (χ2n) is 11.5. The zero-order chi connectivity index (χ0) is 24.5. The molecule has 192 valence electrons. The zero-order valence-corrected chi connectivity index (χ0v) is 22.1. The molecule has 4 heterocycles. The minimum Gasteiger partial charge on any atom is -0.338 e. The van der Waals surface area contributed by atoms with E-state index in [0.717, 1.165) is 64.0 Å². The molecule has 1 aromatic carbocycles. The molecule has 1 spiro atoms. The lowest BCUT2D eigenvalue weighted by molar-refractivity contribution is -0.141. The minimum absolute atomic E-state index is 0.0309. The van der Waals surface area contributed by atoms with Gasteiger partial charge in [0.15, 0.2) is 0 Å². The largest absolute Gasteiger partial charge is 0.338 e. The standard InChI is InChI=1S/C30H39ClN4O/c31-28-12-11-25-27(33-28)10-7-14-30(25)21-32-19-26(30)29(36)35-17-13-23(22-8-3-1-4-9-22)18-24(35)20-34-15-5-2-6-16-34/h1,3-4,8-9,11-12,23-24,26,32H,2,5-7,10,13-21H2/t23-,24+,26+,30+/m1/s1. The van der Waals surface area contributed by atoms with E-state index >= 15 is 0 Å². The van der Waals surface area contributed by atoms with E-state index in [1.165, 1.54) is 43.5 Å². The van der Waals surface area contributed by atoms with E-state index in [-0.39, 0.29) is 17.4 Å². The molecule has 3 fully saturated rings. The van der Waals surface area contributed by atoms with Crippen molar-refractivity contribution in [1.82, 2.24) is 20.1 Å². The molecule has 36 heavy (non-hydrogen) atoms. The number of hydrogen-bond acceptors (Lipinski definition) is 4. The molecule has 0 unspecified atom stereocenters. The maximum atomic E-state index is 14.5. The van der Waals surface area contributed by atoms with Gasteiger partial charge in [-0.2, -0.15) is 0 Å². The van der Waals surface area contributed by atoms with Crippen molar-refractivity contribution in [3.63, 3.8) is 0 Å². The SMILES string of the molecule is O=C([C@@H]1CNC[C@]12CCCc1nc(Cl)ccc12)N1CC[C@@H](c2ccccc2)C[C@H]1CN1CCCCC1. The number of hydrogen-bond donors (Lipinski definition) is 1. The number of piperidine rings is 2. The number of amides is 1. The van der Waals surface area contributed by atoms with Gasteiger partial charge in [-0.05, 0) is 81.1 Å². The molecule has 6 heteroatoms. The molecule has 0 radical (unpaired) electrons. The summed E-state index contributed by atoms with van der Waals surface area (Å²) >= 11 is 6.26. The van der Waals surface area contributed by atoms with Gasteiger partial charge < -0.3 is 15.1 Å². The Hall–Kier alpha value is -1.95. The second kappa shape index (κ2) is 10.4.